The first kappa shape index (κ1) is 11.4. The first-order valence-corrected chi connectivity index (χ1v) is 6.64. The summed E-state index contributed by atoms with van der Waals surface area (Å²) in [5.41, 5.74) is 1.07. The van der Waals surface area contributed by atoms with Crippen molar-refractivity contribution in [1.82, 2.24) is 10.6 Å². The van der Waals surface area contributed by atoms with Crippen LogP contribution in [0.5, 0.6) is 0 Å². The number of piperidine rings is 1. The molecule has 0 atom stereocenters. The summed E-state index contributed by atoms with van der Waals surface area (Å²) in [6.45, 7) is 8.41. The van der Waals surface area contributed by atoms with Crippen LogP contribution in [0.25, 0.3) is 0 Å². The van der Waals surface area contributed by atoms with Crippen molar-refractivity contribution in [2.75, 3.05) is 19.6 Å². The molecule has 15 heavy (non-hydrogen) atoms. The van der Waals surface area contributed by atoms with Crippen LogP contribution >= 0.6 is 0 Å². The van der Waals surface area contributed by atoms with Gasteiger partial charge in [0.25, 0.3) is 0 Å². The highest BCUT2D eigenvalue weighted by Crippen LogP contribution is 2.36. The van der Waals surface area contributed by atoms with Gasteiger partial charge in [0.05, 0.1) is 0 Å². The summed E-state index contributed by atoms with van der Waals surface area (Å²) in [5.74, 6) is 0. The first-order chi connectivity index (χ1) is 7.18. The summed E-state index contributed by atoms with van der Waals surface area (Å²) in [7, 11) is 0. The van der Waals surface area contributed by atoms with E-state index in [0.29, 0.717) is 11.0 Å². The lowest BCUT2D eigenvalue weighted by Gasteiger charge is -2.46. The van der Waals surface area contributed by atoms with Crippen molar-refractivity contribution in [2.45, 2.75) is 57.9 Å². The molecule has 2 rings (SSSR count). The highest BCUT2D eigenvalue weighted by molar-refractivity contribution is 4.96. The van der Waals surface area contributed by atoms with E-state index in [1.54, 1.807) is 0 Å². The fourth-order valence-corrected chi connectivity index (χ4v) is 2.87. The third-order valence-electron chi connectivity index (χ3n) is 4.69. The Bertz CT molecular complexity index is 197. The van der Waals surface area contributed by atoms with E-state index in [0.717, 1.165) is 0 Å². The van der Waals surface area contributed by atoms with Gasteiger partial charge in [-0.25, -0.2) is 0 Å². The van der Waals surface area contributed by atoms with Crippen molar-refractivity contribution in [3.8, 4) is 0 Å². The minimum Gasteiger partial charge on any atom is -0.317 e. The van der Waals surface area contributed by atoms with E-state index in [4.69, 9.17) is 0 Å². The van der Waals surface area contributed by atoms with E-state index < -0.39 is 0 Å². The predicted molar refractivity (Wildman–Crippen MR) is 65.1 cm³/mol. The van der Waals surface area contributed by atoms with Crippen LogP contribution in [-0.4, -0.2) is 25.2 Å². The normalized spacial score (nSPS) is 28.4. The quantitative estimate of drug-likeness (QED) is 0.744. The molecule has 0 aromatic rings. The van der Waals surface area contributed by atoms with Gasteiger partial charge in [-0.1, -0.05) is 13.8 Å². The van der Waals surface area contributed by atoms with Gasteiger partial charge >= 0.3 is 0 Å². The Morgan fingerprint density at radius 1 is 1.13 bits per heavy atom. The lowest BCUT2D eigenvalue weighted by atomic mass is 9.73. The van der Waals surface area contributed by atoms with Crippen molar-refractivity contribution < 1.29 is 0 Å². The second-order valence-corrected chi connectivity index (χ2v) is 5.90. The molecule has 88 valence electrons. The molecule has 0 spiro atoms. The van der Waals surface area contributed by atoms with E-state index in [2.05, 4.69) is 24.5 Å². The Hall–Kier alpha value is -0.0800. The van der Waals surface area contributed by atoms with Crippen LogP contribution in [0.3, 0.4) is 0 Å². The summed E-state index contributed by atoms with van der Waals surface area (Å²) >= 11 is 0. The molecule has 1 aliphatic heterocycles. The molecule has 2 aliphatic rings. The second-order valence-electron chi connectivity index (χ2n) is 5.90. The van der Waals surface area contributed by atoms with Crippen molar-refractivity contribution in [1.29, 1.82) is 0 Å². The highest BCUT2D eigenvalue weighted by atomic mass is 15.0. The maximum atomic E-state index is 3.86. The Morgan fingerprint density at radius 3 is 2.27 bits per heavy atom. The van der Waals surface area contributed by atoms with Crippen molar-refractivity contribution in [3.63, 3.8) is 0 Å². The molecule has 1 saturated carbocycles. The van der Waals surface area contributed by atoms with Crippen molar-refractivity contribution >= 4 is 0 Å². The zero-order valence-corrected chi connectivity index (χ0v) is 10.4. The minimum atomic E-state index is 0.522. The maximum Gasteiger partial charge on any atom is 0.0179 e. The van der Waals surface area contributed by atoms with Crippen LogP contribution in [-0.2, 0) is 0 Å². The molecule has 0 unspecified atom stereocenters. The fraction of sp³-hybridized carbons (Fsp3) is 1.00. The van der Waals surface area contributed by atoms with Gasteiger partial charge in [-0.2, -0.15) is 0 Å². The van der Waals surface area contributed by atoms with E-state index in [-0.39, 0.29) is 0 Å². The van der Waals surface area contributed by atoms with Gasteiger partial charge in [-0.3, -0.25) is 0 Å². The zero-order valence-electron chi connectivity index (χ0n) is 10.4. The standard InChI is InChI=1S/C13H26N2/c1-3-13(5-4-6-13)15-11-12(2)7-9-14-10-8-12/h14-15H,3-11H2,1-2H3. The Morgan fingerprint density at radius 2 is 1.80 bits per heavy atom. The lowest BCUT2D eigenvalue weighted by Crippen LogP contribution is -2.54. The minimum absolute atomic E-state index is 0.522. The SMILES string of the molecule is CCC1(NCC2(C)CCNCC2)CCC1. The Kier molecular flexibility index (Phi) is 3.36. The van der Waals surface area contributed by atoms with Crippen LogP contribution in [0.2, 0.25) is 0 Å². The average molecular weight is 210 g/mol. The van der Waals surface area contributed by atoms with Crippen LogP contribution in [0.1, 0.15) is 52.4 Å². The molecular formula is C13H26N2. The molecule has 0 radical (unpaired) electrons. The van der Waals surface area contributed by atoms with Crippen LogP contribution in [0, 0.1) is 5.41 Å². The Balaban J connectivity index is 1.80. The number of nitrogens with one attached hydrogen (secondary N) is 2. The van der Waals surface area contributed by atoms with Gasteiger partial charge in [0.1, 0.15) is 0 Å². The predicted octanol–water partition coefficient (Wildman–Crippen LogP) is 2.30. The first-order valence-electron chi connectivity index (χ1n) is 6.64. The molecule has 0 amide bonds. The molecule has 2 nitrogen and oxygen atoms in total. The van der Waals surface area contributed by atoms with E-state index in [9.17, 15) is 0 Å². The number of hydrogen-bond acceptors (Lipinski definition) is 2. The van der Waals surface area contributed by atoms with Crippen molar-refractivity contribution in [2.24, 2.45) is 5.41 Å². The van der Waals surface area contributed by atoms with Gasteiger partial charge in [0, 0.05) is 12.1 Å². The van der Waals surface area contributed by atoms with Crippen molar-refractivity contribution in [3.05, 3.63) is 0 Å². The van der Waals surface area contributed by atoms with E-state index in [1.807, 2.05) is 0 Å². The molecule has 0 bridgehead atoms. The third-order valence-corrected chi connectivity index (χ3v) is 4.69. The van der Waals surface area contributed by atoms with Gasteiger partial charge in [-0.15, -0.1) is 0 Å². The molecule has 1 aliphatic carbocycles. The number of rotatable bonds is 4. The highest BCUT2D eigenvalue weighted by Gasteiger charge is 2.37. The second kappa shape index (κ2) is 4.42. The van der Waals surface area contributed by atoms with Gasteiger partial charge in [0.15, 0.2) is 0 Å². The fourth-order valence-electron chi connectivity index (χ4n) is 2.87. The van der Waals surface area contributed by atoms with E-state index >= 15 is 0 Å². The monoisotopic (exact) mass is 210 g/mol. The summed E-state index contributed by atoms with van der Waals surface area (Å²) in [5, 5.41) is 7.32. The summed E-state index contributed by atoms with van der Waals surface area (Å²) in [6, 6.07) is 0. The summed E-state index contributed by atoms with van der Waals surface area (Å²) < 4.78 is 0. The molecule has 0 aromatic heterocycles. The topological polar surface area (TPSA) is 24.1 Å². The third kappa shape index (κ3) is 2.54. The van der Waals surface area contributed by atoms with Gasteiger partial charge < -0.3 is 10.6 Å². The molecule has 2 heteroatoms. The molecule has 1 heterocycles. The molecule has 2 fully saturated rings. The van der Waals surface area contributed by atoms with Crippen LogP contribution in [0.4, 0.5) is 0 Å². The van der Waals surface area contributed by atoms with Crippen LogP contribution in [0.15, 0.2) is 0 Å². The van der Waals surface area contributed by atoms with Gasteiger partial charge in [-0.05, 0) is 57.0 Å². The number of hydrogen-bond donors (Lipinski definition) is 2. The zero-order chi connectivity index (χ0) is 10.8. The maximum absolute atomic E-state index is 3.86. The Labute approximate surface area is 94.2 Å². The smallest absolute Gasteiger partial charge is 0.0179 e. The molecule has 0 aromatic carbocycles. The molecule has 1 saturated heterocycles. The molecule has 2 N–H and O–H groups in total. The van der Waals surface area contributed by atoms with E-state index in [1.165, 1.54) is 58.2 Å². The summed E-state index contributed by atoms with van der Waals surface area (Å²) in [6.07, 6.45) is 8.20. The molecular weight excluding hydrogens is 184 g/mol. The average Bonchev–Trinajstić information content (AvgIpc) is 2.18. The lowest BCUT2D eigenvalue weighted by molar-refractivity contribution is 0.130. The largest absolute Gasteiger partial charge is 0.317 e. The van der Waals surface area contributed by atoms with Crippen LogP contribution < -0.4 is 10.6 Å². The van der Waals surface area contributed by atoms with Gasteiger partial charge in [0.2, 0.25) is 0 Å². The summed E-state index contributed by atoms with van der Waals surface area (Å²) in [4.78, 5) is 0.